The fraction of sp³-hybridized carbons (Fsp3) is 0.500. The molecule has 0 saturated carbocycles. The van der Waals surface area contributed by atoms with E-state index >= 15 is 0 Å². The normalized spacial score (nSPS) is 20.6. The summed E-state index contributed by atoms with van der Waals surface area (Å²) >= 11 is 0. The summed E-state index contributed by atoms with van der Waals surface area (Å²) in [6.07, 6.45) is 3.99. The van der Waals surface area contributed by atoms with Gasteiger partial charge in [0.2, 0.25) is 5.91 Å². The molecule has 1 fully saturated rings. The maximum absolute atomic E-state index is 11.9. The average Bonchev–Trinajstić information content (AvgIpc) is 2.59. The van der Waals surface area contributed by atoms with E-state index in [4.69, 9.17) is 0 Å². The maximum atomic E-state index is 11.9. The van der Waals surface area contributed by atoms with Gasteiger partial charge in [0.15, 0.2) is 0 Å². The molecule has 1 amide bonds. The summed E-state index contributed by atoms with van der Waals surface area (Å²) < 4.78 is 0. The first kappa shape index (κ1) is 12.1. The third kappa shape index (κ3) is 4.19. The zero-order valence-electron chi connectivity index (χ0n) is 10.1. The first-order valence-electron chi connectivity index (χ1n) is 6.38. The van der Waals surface area contributed by atoms with Crippen LogP contribution in [0.3, 0.4) is 0 Å². The molecule has 92 valence electrons. The van der Waals surface area contributed by atoms with Crippen LogP contribution < -0.4 is 10.6 Å². The lowest BCUT2D eigenvalue weighted by atomic mass is 10.1. The first-order chi connectivity index (χ1) is 8.34. The van der Waals surface area contributed by atoms with Crippen LogP contribution in [0.15, 0.2) is 30.3 Å². The van der Waals surface area contributed by atoms with E-state index in [0.29, 0.717) is 12.5 Å². The quantitative estimate of drug-likeness (QED) is 0.829. The van der Waals surface area contributed by atoms with Crippen molar-refractivity contribution in [2.75, 3.05) is 13.1 Å². The molecule has 3 nitrogen and oxygen atoms in total. The summed E-state index contributed by atoms with van der Waals surface area (Å²) in [6.45, 7) is 1.98. The third-order valence-corrected chi connectivity index (χ3v) is 3.12. The predicted octanol–water partition coefficient (Wildman–Crippen LogP) is 1.49. The molecule has 0 spiro atoms. The zero-order valence-corrected chi connectivity index (χ0v) is 10.1. The lowest BCUT2D eigenvalue weighted by molar-refractivity contribution is -0.121. The molecule has 0 aliphatic carbocycles. The molecular formula is C14H20N2O. The van der Waals surface area contributed by atoms with E-state index in [1.54, 1.807) is 0 Å². The summed E-state index contributed by atoms with van der Waals surface area (Å²) in [4.78, 5) is 11.9. The van der Waals surface area contributed by atoms with Crippen molar-refractivity contribution in [3.05, 3.63) is 35.9 Å². The standard InChI is InChI=1S/C14H20N2O/c17-14(10-12-6-2-1-3-7-12)16-13-8-4-5-9-15-11-13/h1-3,6-7,13,15H,4-5,8-11H2,(H,16,17). The Hall–Kier alpha value is -1.35. The second-order valence-electron chi connectivity index (χ2n) is 4.63. The molecule has 1 aromatic rings. The molecule has 1 saturated heterocycles. The fourth-order valence-electron chi connectivity index (χ4n) is 2.20. The lowest BCUT2D eigenvalue weighted by Gasteiger charge is -2.16. The van der Waals surface area contributed by atoms with Crippen molar-refractivity contribution in [2.45, 2.75) is 31.7 Å². The monoisotopic (exact) mass is 232 g/mol. The van der Waals surface area contributed by atoms with Gasteiger partial charge in [0.05, 0.1) is 6.42 Å². The van der Waals surface area contributed by atoms with Gasteiger partial charge in [0, 0.05) is 12.6 Å². The summed E-state index contributed by atoms with van der Waals surface area (Å²) in [6, 6.07) is 10.2. The van der Waals surface area contributed by atoms with E-state index < -0.39 is 0 Å². The minimum Gasteiger partial charge on any atom is -0.352 e. The molecule has 1 unspecified atom stereocenters. The third-order valence-electron chi connectivity index (χ3n) is 3.12. The highest BCUT2D eigenvalue weighted by molar-refractivity contribution is 5.78. The molecule has 1 aliphatic heterocycles. The number of amides is 1. The molecule has 1 atom stereocenters. The second kappa shape index (κ2) is 6.40. The Bertz CT molecular complexity index is 342. The van der Waals surface area contributed by atoms with Crippen molar-refractivity contribution in [2.24, 2.45) is 0 Å². The predicted molar refractivity (Wildman–Crippen MR) is 68.8 cm³/mol. The summed E-state index contributed by atoms with van der Waals surface area (Å²) in [5.41, 5.74) is 1.08. The maximum Gasteiger partial charge on any atom is 0.224 e. The van der Waals surface area contributed by atoms with Crippen LogP contribution in [0.2, 0.25) is 0 Å². The van der Waals surface area contributed by atoms with Gasteiger partial charge >= 0.3 is 0 Å². The molecule has 17 heavy (non-hydrogen) atoms. The molecule has 3 heteroatoms. The number of carbonyl (C=O) groups is 1. The lowest BCUT2D eigenvalue weighted by Crippen LogP contribution is -2.41. The van der Waals surface area contributed by atoms with Crippen molar-refractivity contribution in [1.29, 1.82) is 0 Å². The first-order valence-corrected chi connectivity index (χ1v) is 6.38. The van der Waals surface area contributed by atoms with Crippen molar-refractivity contribution < 1.29 is 4.79 Å². The molecular weight excluding hydrogens is 212 g/mol. The Morgan fingerprint density at radius 2 is 2.12 bits per heavy atom. The Balaban J connectivity index is 1.80. The van der Waals surface area contributed by atoms with E-state index in [-0.39, 0.29) is 5.91 Å². The summed E-state index contributed by atoms with van der Waals surface area (Å²) in [5.74, 6) is 0.130. The molecule has 0 aromatic heterocycles. The van der Waals surface area contributed by atoms with E-state index in [2.05, 4.69) is 10.6 Å². The Morgan fingerprint density at radius 3 is 2.94 bits per heavy atom. The zero-order chi connectivity index (χ0) is 11.9. The highest BCUT2D eigenvalue weighted by Crippen LogP contribution is 2.05. The number of benzene rings is 1. The molecule has 2 rings (SSSR count). The van der Waals surface area contributed by atoms with Crippen LogP contribution in [-0.4, -0.2) is 25.0 Å². The number of carbonyl (C=O) groups excluding carboxylic acids is 1. The Kier molecular flexibility index (Phi) is 4.56. The number of hydrogen-bond acceptors (Lipinski definition) is 2. The van der Waals surface area contributed by atoms with Crippen molar-refractivity contribution in [3.63, 3.8) is 0 Å². The largest absolute Gasteiger partial charge is 0.352 e. The van der Waals surface area contributed by atoms with E-state index in [9.17, 15) is 4.79 Å². The van der Waals surface area contributed by atoms with E-state index in [0.717, 1.165) is 25.1 Å². The van der Waals surface area contributed by atoms with Crippen molar-refractivity contribution in [3.8, 4) is 0 Å². The number of nitrogens with one attached hydrogen (secondary N) is 2. The van der Waals surface area contributed by atoms with Crippen LogP contribution in [0.25, 0.3) is 0 Å². The van der Waals surface area contributed by atoms with Gasteiger partial charge in [-0.1, -0.05) is 36.8 Å². The fourth-order valence-corrected chi connectivity index (χ4v) is 2.20. The average molecular weight is 232 g/mol. The highest BCUT2D eigenvalue weighted by Gasteiger charge is 2.14. The summed E-state index contributed by atoms with van der Waals surface area (Å²) in [7, 11) is 0. The number of rotatable bonds is 3. The van der Waals surface area contributed by atoms with Crippen molar-refractivity contribution >= 4 is 5.91 Å². The minimum absolute atomic E-state index is 0.130. The van der Waals surface area contributed by atoms with Gasteiger partial charge in [-0.2, -0.15) is 0 Å². The Morgan fingerprint density at radius 1 is 1.29 bits per heavy atom. The second-order valence-corrected chi connectivity index (χ2v) is 4.63. The van der Waals surface area contributed by atoms with E-state index in [1.165, 1.54) is 12.8 Å². The van der Waals surface area contributed by atoms with Gasteiger partial charge in [0.1, 0.15) is 0 Å². The molecule has 2 N–H and O–H groups in total. The van der Waals surface area contributed by atoms with Gasteiger partial charge in [-0.25, -0.2) is 0 Å². The molecule has 0 radical (unpaired) electrons. The van der Waals surface area contributed by atoms with Crippen LogP contribution in [0.4, 0.5) is 0 Å². The van der Waals surface area contributed by atoms with Crippen LogP contribution in [0.5, 0.6) is 0 Å². The van der Waals surface area contributed by atoms with Crippen LogP contribution in [-0.2, 0) is 11.2 Å². The molecule has 1 heterocycles. The topological polar surface area (TPSA) is 41.1 Å². The van der Waals surface area contributed by atoms with Crippen LogP contribution in [0, 0.1) is 0 Å². The van der Waals surface area contributed by atoms with Crippen molar-refractivity contribution in [1.82, 2.24) is 10.6 Å². The van der Waals surface area contributed by atoms with Crippen LogP contribution in [0.1, 0.15) is 24.8 Å². The van der Waals surface area contributed by atoms with Gasteiger partial charge in [-0.3, -0.25) is 4.79 Å². The SMILES string of the molecule is O=C(Cc1ccccc1)NC1CCCCNC1. The van der Waals surface area contributed by atoms with Gasteiger partial charge in [-0.15, -0.1) is 0 Å². The number of hydrogen-bond donors (Lipinski definition) is 2. The molecule has 1 aliphatic rings. The van der Waals surface area contributed by atoms with Crippen LogP contribution >= 0.6 is 0 Å². The Labute approximate surface area is 103 Å². The smallest absolute Gasteiger partial charge is 0.224 e. The minimum atomic E-state index is 0.130. The summed E-state index contributed by atoms with van der Waals surface area (Å²) in [5, 5.41) is 6.46. The van der Waals surface area contributed by atoms with Gasteiger partial charge in [-0.05, 0) is 24.9 Å². The molecule has 0 bridgehead atoms. The van der Waals surface area contributed by atoms with Gasteiger partial charge in [0.25, 0.3) is 0 Å². The highest BCUT2D eigenvalue weighted by atomic mass is 16.1. The van der Waals surface area contributed by atoms with Gasteiger partial charge < -0.3 is 10.6 Å². The van der Waals surface area contributed by atoms with E-state index in [1.807, 2.05) is 30.3 Å². The molecule has 1 aromatic carbocycles.